The zero-order chi connectivity index (χ0) is 23.4. The SMILES string of the molecule is CCN(CC(=O)Nc1cccc(OC)c1)C(=O)c1ccoc1CN1c2ccccc2CC1C. The first-order valence-corrected chi connectivity index (χ1v) is 11.1. The molecule has 172 valence electrons. The second kappa shape index (κ2) is 9.81. The fourth-order valence-corrected chi connectivity index (χ4v) is 4.25. The van der Waals surface area contributed by atoms with E-state index in [0.29, 0.717) is 41.9 Å². The molecule has 33 heavy (non-hydrogen) atoms. The van der Waals surface area contributed by atoms with E-state index < -0.39 is 0 Å². The van der Waals surface area contributed by atoms with E-state index in [2.05, 4.69) is 29.3 Å². The number of fused-ring (bicyclic) bond motifs is 1. The summed E-state index contributed by atoms with van der Waals surface area (Å²) in [5, 5.41) is 2.83. The Labute approximate surface area is 193 Å². The second-order valence-corrected chi connectivity index (χ2v) is 8.17. The van der Waals surface area contributed by atoms with E-state index in [-0.39, 0.29) is 18.4 Å². The molecule has 7 nitrogen and oxygen atoms in total. The van der Waals surface area contributed by atoms with Crippen molar-refractivity contribution in [1.82, 2.24) is 4.90 Å². The minimum Gasteiger partial charge on any atom is -0.497 e. The third-order valence-corrected chi connectivity index (χ3v) is 6.00. The number of carbonyl (C=O) groups excluding carboxylic acids is 2. The number of furan rings is 1. The van der Waals surface area contributed by atoms with Gasteiger partial charge in [-0.05, 0) is 50.1 Å². The number of benzene rings is 2. The minimum absolute atomic E-state index is 0.0554. The molecule has 1 N–H and O–H groups in total. The number of hydrogen-bond donors (Lipinski definition) is 1. The molecule has 2 heterocycles. The Morgan fingerprint density at radius 3 is 2.79 bits per heavy atom. The van der Waals surface area contributed by atoms with E-state index >= 15 is 0 Å². The molecule has 1 atom stereocenters. The van der Waals surface area contributed by atoms with Crippen molar-refractivity contribution in [2.45, 2.75) is 32.9 Å². The van der Waals surface area contributed by atoms with Gasteiger partial charge in [0, 0.05) is 30.0 Å². The van der Waals surface area contributed by atoms with Gasteiger partial charge < -0.3 is 24.3 Å². The molecule has 0 radical (unpaired) electrons. The van der Waals surface area contributed by atoms with Crippen molar-refractivity contribution >= 4 is 23.2 Å². The molecule has 1 aromatic heterocycles. The average molecular weight is 448 g/mol. The highest BCUT2D eigenvalue weighted by atomic mass is 16.5. The molecule has 1 aliphatic heterocycles. The lowest BCUT2D eigenvalue weighted by Crippen LogP contribution is -2.38. The smallest absolute Gasteiger partial charge is 0.257 e. The Kier molecular flexibility index (Phi) is 6.68. The topological polar surface area (TPSA) is 75.0 Å². The van der Waals surface area contributed by atoms with Crippen LogP contribution in [0.25, 0.3) is 0 Å². The Balaban J connectivity index is 1.45. The van der Waals surface area contributed by atoms with Crippen molar-refractivity contribution in [2.75, 3.05) is 30.4 Å². The van der Waals surface area contributed by atoms with Crippen LogP contribution in [0.4, 0.5) is 11.4 Å². The number of para-hydroxylation sites is 1. The van der Waals surface area contributed by atoms with Crippen LogP contribution < -0.4 is 15.0 Å². The third-order valence-electron chi connectivity index (χ3n) is 6.00. The van der Waals surface area contributed by atoms with Gasteiger partial charge >= 0.3 is 0 Å². The molecule has 0 saturated carbocycles. The summed E-state index contributed by atoms with van der Waals surface area (Å²) in [7, 11) is 1.57. The first-order chi connectivity index (χ1) is 16.0. The molecule has 3 aromatic rings. The van der Waals surface area contributed by atoms with Crippen LogP contribution in [0.3, 0.4) is 0 Å². The van der Waals surface area contributed by atoms with Crippen molar-refractivity contribution in [2.24, 2.45) is 0 Å². The molecule has 4 rings (SSSR count). The Hall–Kier alpha value is -3.74. The first kappa shape index (κ1) is 22.5. The van der Waals surface area contributed by atoms with E-state index in [1.807, 2.05) is 19.1 Å². The molecule has 1 aliphatic rings. The second-order valence-electron chi connectivity index (χ2n) is 8.17. The third kappa shape index (κ3) is 4.87. The number of likely N-dealkylation sites (N-methyl/N-ethyl adjacent to an activating group) is 1. The fraction of sp³-hybridized carbons (Fsp3) is 0.308. The predicted molar refractivity (Wildman–Crippen MR) is 128 cm³/mol. The Morgan fingerprint density at radius 2 is 2.00 bits per heavy atom. The van der Waals surface area contributed by atoms with E-state index in [4.69, 9.17) is 9.15 Å². The van der Waals surface area contributed by atoms with E-state index in [1.54, 1.807) is 43.7 Å². The molecule has 0 spiro atoms. The summed E-state index contributed by atoms with van der Waals surface area (Å²) in [5.74, 6) is 0.764. The van der Waals surface area contributed by atoms with Crippen molar-refractivity contribution in [3.05, 3.63) is 77.7 Å². The predicted octanol–water partition coefficient (Wildman–Crippen LogP) is 4.34. The summed E-state index contributed by atoms with van der Waals surface area (Å²) in [6, 6.07) is 17.4. The highest BCUT2D eigenvalue weighted by Crippen LogP contribution is 2.33. The molecule has 0 saturated heterocycles. The molecule has 0 bridgehead atoms. The van der Waals surface area contributed by atoms with Gasteiger partial charge in [-0.1, -0.05) is 24.3 Å². The lowest BCUT2D eigenvalue weighted by atomic mass is 10.1. The largest absolute Gasteiger partial charge is 0.497 e. The van der Waals surface area contributed by atoms with Gasteiger partial charge in [0.05, 0.1) is 25.5 Å². The maximum absolute atomic E-state index is 13.3. The standard InChI is InChI=1S/C26H29N3O4/c1-4-28(17-25(30)27-20-9-7-10-21(15-20)32-3)26(31)22-12-13-33-24(22)16-29-18(2)14-19-8-5-6-11-23(19)29/h5-13,15,18H,4,14,16-17H2,1-3H3,(H,27,30). The monoisotopic (exact) mass is 447 g/mol. The molecule has 2 aromatic carbocycles. The van der Waals surface area contributed by atoms with Crippen molar-refractivity contribution in [3.8, 4) is 5.75 Å². The van der Waals surface area contributed by atoms with Gasteiger partial charge in [0.25, 0.3) is 5.91 Å². The van der Waals surface area contributed by atoms with Gasteiger partial charge in [-0.15, -0.1) is 0 Å². The number of anilines is 2. The van der Waals surface area contributed by atoms with Crippen LogP contribution in [0, 0.1) is 0 Å². The van der Waals surface area contributed by atoms with Gasteiger partial charge in [-0.2, -0.15) is 0 Å². The summed E-state index contributed by atoms with van der Waals surface area (Å²) < 4.78 is 10.9. The molecule has 0 aliphatic carbocycles. The number of rotatable bonds is 8. The van der Waals surface area contributed by atoms with Crippen LogP contribution in [0.5, 0.6) is 5.75 Å². The van der Waals surface area contributed by atoms with E-state index in [1.165, 1.54) is 16.2 Å². The highest BCUT2D eigenvalue weighted by molar-refractivity contribution is 6.00. The highest BCUT2D eigenvalue weighted by Gasteiger charge is 2.29. The van der Waals surface area contributed by atoms with Gasteiger partial charge in [-0.25, -0.2) is 0 Å². The Morgan fingerprint density at radius 1 is 1.18 bits per heavy atom. The van der Waals surface area contributed by atoms with Gasteiger partial charge in [0.15, 0.2) is 0 Å². The van der Waals surface area contributed by atoms with Gasteiger partial charge in [0.2, 0.25) is 5.91 Å². The number of nitrogens with zero attached hydrogens (tertiary/aromatic N) is 2. The zero-order valence-electron chi connectivity index (χ0n) is 19.2. The van der Waals surface area contributed by atoms with Crippen LogP contribution in [0.15, 0.2) is 65.3 Å². The molecule has 2 amide bonds. The van der Waals surface area contributed by atoms with Crippen LogP contribution >= 0.6 is 0 Å². The molecular formula is C26H29N3O4. The summed E-state index contributed by atoms with van der Waals surface area (Å²) >= 11 is 0. The van der Waals surface area contributed by atoms with E-state index in [9.17, 15) is 9.59 Å². The molecular weight excluding hydrogens is 418 g/mol. The molecule has 0 fully saturated rings. The number of hydrogen-bond acceptors (Lipinski definition) is 5. The Bertz CT molecular complexity index is 1140. The van der Waals surface area contributed by atoms with Crippen molar-refractivity contribution in [1.29, 1.82) is 0 Å². The number of carbonyl (C=O) groups is 2. The quantitative estimate of drug-likeness (QED) is 0.556. The summed E-state index contributed by atoms with van der Waals surface area (Å²) in [6.07, 6.45) is 2.51. The number of ether oxygens (including phenoxy) is 1. The maximum Gasteiger partial charge on any atom is 0.257 e. The average Bonchev–Trinajstić information content (AvgIpc) is 3.41. The number of amides is 2. The number of methoxy groups -OCH3 is 1. The van der Waals surface area contributed by atoms with Crippen LogP contribution in [-0.2, 0) is 17.8 Å². The zero-order valence-corrected chi connectivity index (χ0v) is 19.2. The summed E-state index contributed by atoms with van der Waals surface area (Å²) in [5.41, 5.74) is 3.58. The molecule has 7 heteroatoms. The summed E-state index contributed by atoms with van der Waals surface area (Å²) in [6.45, 7) is 4.87. The van der Waals surface area contributed by atoms with Crippen LogP contribution in [0.1, 0.15) is 35.5 Å². The normalized spacial score (nSPS) is 14.6. The van der Waals surface area contributed by atoms with Crippen molar-refractivity contribution in [3.63, 3.8) is 0 Å². The lowest BCUT2D eigenvalue weighted by Gasteiger charge is -2.25. The molecule has 1 unspecified atom stereocenters. The number of nitrogens with one attached hydrogen (secondary N) is 1. The fourth-order valence-electron chi connectivity index (χ4n) is 4.25. The van der Waals surface area contributed by atoms with Crippen LogP contribution in [0.2, 0.25) is 0 Å². The van der Waals surface area contributed by atoms with Gasteiger partial charge in [0.1, 0.15) is 18.1 Å². The maximum atomic E-state index is 13.3. The first-order valence-electron chi connectivity index (χ1n) is 11.1. The minimum atomic E-state index is -0.273. The van der Waals surface area contributed by atoms with E-state index in [0.717, 1.165) is 6.42 Å². The van der Waals surface area contributed by atoms with Crippen LogP contribution in [-0.4, -0.2) is 43.0 Å². The summed E-state index contributed by atoms with van der Waals surface area (Å²) in [4.78, 5) is 29.7. The van der Waals surface area contributed by atoms with Crippen molar-refractivity contribution < 1.29 is 18.7 Å². The van der Waals surface area contributed by atoms with Gasteiger partial charge in [-0.3, -0.25) is 9.59 Å². The lowest BCUT2D eigenvalue weighted by molar-refractivity contribution is -0.116.